The molecule has 2 aliphatic rings. The lowest BCUT2D eigenvalue weighted by Gasteiger charge is -2.45. The summed E-state index contributed by atoms with van der Waals surface area (Å²) in [5.41, 5.74) is 0. The van der Waals surface area contributed by atoms with Crippen molar-refractivity contribution in [2.45, 2.75) is 61.3 Å². The summed E-state index contributed by atoms with van der Waals surface area (Å²) in [6, 6.07) is -1.88. The van der Waals surface area contributed by atoms with Crippen LogP contribution in [0.5, 0.6) is 0 Å². The van der Waals surface area contributed by atoms with Gasteiger partial charge in [0.15, 0.2) is 18.7 Å². The number of aliphatic hydroxyl groups excluding tert-OH is 6. The summed E-state index contributed by atoms with van der Waals surface area (Å²) in [5, 5.41) is 67.7. The van der Waals surface area contributed by atoms with Gasteiger partial charge >= 0.3 is 16.3 Å². The fourth-order valence-electron chi connectivity index (χ4n) is 2.87. The Labute approximate surface area is 157 Å². The van der Waals surface area contributed by atoms with Crippen molar-refractivity contribution in [2.24, 2.45) is 0 Å². The van der Waals surface area contributed by atoms with Crippen molar-refractivity contribution in [2.75, 3.05) is 6.61 Å². The average molecular weight is 435 g/mol. The fourth-order valence-corrected chi connectivity index (χ4v) is 3.47. The molecule has 16 heteroatoms. The second-order valence-electron chi connectivity index (χ2n) is 6.19. The van der Waals surface area contributed by atoms with Gasteiger partial charge < -0.3 is 50.0 Å². The molecule has 1 unspecified atom stereocenters. The maximum absolute atomic E-state index is 11.1. The Morgan fingerprint density at radius 2 is 1.61 bits per heavy atom. The smallest absolute Gasteiger partial charge is 0.335 e. The van der Waals surface area contributed by atoms with E-state index in [-0.39, 0.29) is 0 Å². The number of hydrogen-bond donors (Lipinski definition) is 9. The molecule has 28 heavy (non-hydrogen) atoms. The Kier molecular flexibility index (Phi) is 7.29. The molecule has 0 saturated carbocycles. The largest absolute Gasteiger partial charge is 0.479 e. The highest BCUT2D eigenvalue weighted by Crippen LogP contribution is 2.29. The van der Waals surface area contributed by atoms with Crippen molar-refractivity contribution in [3.63, 3.8) is 0 Å². The van der Waals surface area contributed by atoms with Crippen molar-refractivity contribution in [1.29, 1.82) is 0 Å². The van der Waals surface area contributed by atoms with Crippen LogP contribution < -0.4 is 4.72 Å². The van der Waals surface area contributed by atoms with Crippen LogP contribution in [0.3, 0.4) is 0 Å². The molecular formula is C12H21NO14S. The van der Waals surface area contributed by atoms with Gasteiger partial charge in [0.05, 0.1) is 6.61 Å². The number of nitrogens with one attached hydrogen (secondary N) is 1. The van der Waals surface area contributed by atoms with Crippen LogP contribution in [-0.2, 0) is 29.3 Å². The normalized spacial score (nSPS) is 45.0. The van der Waals surface area contributed by atoms with Crippen LogP contribution in [0, 0.1) is 0 Å². The van der Waals surface area contributed by atoms with Gasteiger partial charge in [0.1, 0.15) is 42.7 Å². The molecule has 0 amide bonds. The van der Waals surface area contributed by atoms with Crippen molar-refractivity contribution in [3.05, 3.63) is 0 Å². The molecule has 2 heterocycles. The van der Waals surface area contributed by atoms with E-state index in [1.807, 2.05) is 0 Å². The Hall–Kier alpha value is -1.02. The standard InChI is InChI=1S/C12H21NO14S/c14-1-2-8(4(15)3(11(21)25-2)13-28(22,23)24)26-12-7(18)5(16)6(17)9(27-12)10(19)20/h2-9,11-18,21H,1H2,(H,19,20)(H,22,23,24)/t2-,3-,4-,5+,6+,7-,8-,9-,11?,12-/m1/s1. The highest BCUT2D eigenvalue weighted by Gasteiger charge is 2.52. The first-order valence-electron chi connectivity index (χ1n) is 7.82. The highest BCUT2D eigenvalue weighted by molar-refractivity contribution is 7.83. The van der Waals surface area contributed by atoms with Crippen LogP contribution in [0.2, 0.25) is 0 Å². The zero-order valence-electron chi connectivity index (χ0n) is 13.9. The number of carboxylic acids is 1. The van der Waals surface area contributed by atoms with Crippen molar-refractivity contribution >= 4 is 16.3 Å². The predicted octanol–water partition coefficient (Wildman–Crippen LogP) is -5.90. The van der Waals surface area contributed by atoms with Gasteiger partial charge in [-0.2, -0.15) is 13.1 Å². The topological polar surface area (TPSA) is 253 Å². The van der Waals surface area contributed by atoms with Gasteiger partial charge in [-0.15, -0.1) is 0 Å². The molecule has 164 valence electrons. The molecule has 0 spiro atoms. The summed E-state index contributed by atoms with van der Waals surface area (Å²) < 4.78 is 47.2. The monoisotopic (exact) mass is 435 g/mol. The average Bonchev–Trinajstić information content (AvgIpc) is 2.59. The zero-order chi connectivity index (χ0) is 21.4. The second kappa shape index (κ2) is 8.78. The molecule has 0 aromatic carbocycles. The van der Waals surface area contributed by atoms with Crippen LogP contribution >= 0.6 is 0 Å². The molecule has 0 radical (unpaired) electrons. The van der Waals surface area contributed by atoms with Crippen LogP contribution in [0.1, 0.15) is 0 Å². The van der Waals surface area contributed by atoms with E-state index in [1.165, 1.54) is 4.72 Å². The van der Waals surface area contributed by atoms with Gasteiger partial charge in [-0.3, -0.25) is 4.55 Å². The van der Waals surface area contributed by atoms with E-state index in [0.717, 1.165) is 0 Å². The van der Waals surface area contributed by atoms with Crippen molar-refractivity contribution in [1.82, 2.24) is 4.72 Å². The maximum atomic E-state index is 11.1. The number of carboxylic acid groups (broad SMARTS) is 1. The van der Waals surface area contributed by atoms with E-state index in [9.17, 15) is 43.9 Å². The molecule has 2 aliphatic heterocycles. The lowest BCUT2D eigenvalue weighted by Crippen LogP contribution is -2.67. The number of ether oxygens (including phenoxy) is 3. The summed E-state index contributed by atoms with van der Waals surface area (Å²) in [6.07, 6.45) is -17.3. The Balaban J connectivity index is 2.23. The molecule has 2 saturated heterocycles. The number of rotatable bonds is 6. The van der Waals surface area contributed by atoms with E-state index < -0.39 is 84.2 Å². The molecule has 10 atom stereocenters. The minimum atomic E-state index is -4.92. The Morgan fingerprint density at radius 3 is 2.11 bits per heavy atom. The molecule has 2 rings (SSSR count). The Bertz CT molecular complexity index is 659. The quantitative estimate of drug-likeness (QED) is 0.176. The van der Waals surface area contributed by atoms with Crippen molar-refractivity contribution in [3.8, 4) is 0 Å². The van der Waals surface area contributed by atoms with Gasteiger partial charge in [-0.25, -0.2) is 4.79 Å². The number of aliphatic carboxylic acids is 1. The number of hydrogen-bond acceptors (Lipinski definition) is 12. The van der Waals surface area contributed by atoms with Crippen LogP contribution in [0.4, 0.5) is 0 Å². The third-order valence-corrected chi connectivity index (χ3v) is 4.83. The lowest BCUT2D eigenvalue weighted by atomic mass is 9.96. The zero-order valence-corrected chi connectivity index (χ0v) is 14.7. The summed E-state index contributed by atoms with van der Waals surface area (Å²) in [7, 11) is -4.92. The molecular weight excluding hydrogens is 414 g/mol. The number of aliphatic hydroxyl groups is 6. The van der Waals surface area contributed by atoms with E-state index in [0.29, 0.717) is 0 Å². The van der Waals surface area contributed by atoms with Crippen LogP contribution in [-0.4, -0.2) is 123 Å². The first-order chi connectivity index (χ1) is 12.9. The summed E-state index contributed by atoms with van der Waals surface area (Å²) in [5.74, 6) is -1.70. The van der Waals surface area contributed by atoms with Gasteiger partial charge in [0, 0.05) is 0 Å². The van der Waals surface area contributed by atoms with E-state index in [4.69, 9.17) is 23.9 Å². The highest BCUT2D eigenvalue weighted by atomic mass is 32.2. The third-order valence-electron chi connectivity index (χ3n) is 4.26. The minimum absolute atomic E-state index is 0.881. The third kappa shape index (κ3) is 4.93. The van der Waals surface area contributed by atoms with Gasteiger partial charge in [-0.1, -0.05) is 0 Å². The van der Waals surface area contributed by atoms with E-state index in [1.54, 1.807) is 0 Å². The van der Waals surface area contributed by atoms with E-state index >= 15 is 0 Å². The SMILES string of the molecule is O=C(O)[C@@H]1O[C@@H](O[C@H]2[C@H](O)[C@@H](NS(=O)(=O)O)C(O)O[C@@H]2CO)[C@H](O)[C@@H](O)[C@@H]1O. The predicted molar refractivity (Wildman–Crippen MR) is 81.6 cm³/mol. The fraction of sp³-hybridized carbons (Fsp3) is 0.917. The number of carbonyl (C=O) groups is 1. The maximum Gasteiger partial charge on any atom is 0.335 e. The van der Waals surface area contributed by atoms with Crippen LogP contribution in [0.25, 0.3) is 0 Å². The first-order valence-corrected chi connectivity index (χ1v) is 9.26. The molecule has 0 aromatic rings. The van der Waals surface area contributed by atoms with E-state index in [2.05, 4.69) is 0 Å². The molecule has 0 aliphatic carbocycles. The summed E-state index contributed by atoms with van der Waals surface area (Å²) >= 11 is 0. The lowest BCUT2D eigenvalue weighted by molar-refractivity contribution is -0.340. The molecule has 0 bridgehead atoms. The minimum Gasteiger partial charge on any atom is -0.479 e. The first kappa shape index (κ1) is 23.3. The molecule has 0 aromatic heterocycles. The van der Waals surface area contributed by atoms with Gasteiger partial charge in [0.25, 0.3) is 0 Å². The summed E-state index contributed by atoms with van der Waals surface area (Å²) in [6.45, 7) is -0.881. The van der Waals surface area contributed by atoms with Crippen LogP contribution in [0.15, 0.2) is 0 Å². The molecule has 2 fully saturated rings. The molecule has 15 nitrogen and oxygen atoms in total. The van der Waals surface area contributed by atoms with Gasteiger partial charge in [0.2, 0.25) is 0 Å². The second-order valence-corrected chi connectivity index (χ2v) is 7.38. The van der Waals surface area contributed by atoms with Crippen molar-refractivity contribution < 1.29 is 67.7 Å². The Morgan fingerprint density at radius 1 is 1.00 bits per heavy atom. The summed E-state index contributed by atoms with van der Waals surface area (Å²) in [4.78, 5) is 11.1. The molecule has 9 N–H and O–H groups in total. The van der Waals surface area contributed by atoms with Gasteiger partial charge in [-0.05, 0) is 0 Å².